The van der Waals surface area contributed by atoms with Crippen molar-refractivity contribution in [2.75, 3.05) is 0 Å². The van der Waals surface area contributed by atoms with Gasteiger partial charge in [-0.3, -0.25) is 0 Å². The Morgan fingerprint density at radius 2 is 2.46 bits per heavy atom. The summed E-state index contributed by atoms with van der Waals surface area (Å²) in [4.78, 5) is 4.88. The summed E-state index contributed by atoms with van der Waals surface area (Å²) in [5, 5.41) is 10.7. The molecule has 0 saturated heterocycles. The topological polar surface area (TPSA) is 46.3 Å². The van der Waals surface area contributed by atoms with Gasteiger partial charge in [-0.2, -0.15) is 0 Å². The van der Waals surface area contributed by atoms with E-state index in [9.17, 15) is 5.11 Å². The highest BCUT2D eigenvalue weighted by Crippen LogP contribution is 2.26. The quantitative estimate of drug-likeness (QED) is 0.798. The van der Waals surface area contributed by atoms with Crippen LogP contribution in [-0.2, 0) is 0 Å². The number of aliphatic hydroxyl groups excluding tert-OH is 1. The molecule has 0 aliphatic rings. The molecular formula is C9H9NO2S. The predicted molar refractivity (Wildman–Crippen MR) is 49.6 cm³/mol. The van der Waals surface area contributed by atoms with E-state index in [1.165, 1.54) is 11.3 Å². The van der Waals surface area contributed by atoms with E-state index in [1.807, 2.05) is 6.92 Å². The molecule has 0 saturated carbocycles. The number of aliphatic hydroxyl groups is 1. The van der Waals surface area contributed by atoms with Gasteiger partial charge in [-0.1, -0.05) is 0 Å². The highest BCUT2D eigenvalue weighted by Gasteiger charge is 2.15. The van der Waals surface area contributed by atoms with Gasteiger partial charge in [0.2, 0.25) is 0 Å². The summed E-state index contributed by atoms with van der Waals surface area (Å²) in [7, 11) is 0. The second-order valence-electron chi connectivity index (χ2n) is 2.70. The number of aryl methyl sites for hydroxylation is 1. The van der Waals surface area contributed by atoms with E-state index in [-0.39, 0.29) is 0 Å². The second kappa shape index (κ2) is 3.32. The minimum Gasteiger partial charge on any atom is -0.466 e. The average molecular weight is 195 g/mol. The van der Waals surface area contributed by atoms with E-state index < -0.39 is 6.10 Å². The Hall–Kier alpha value is -1.13. The molecular weight excluding hydrogens is 186 g/mol. The monoisotopic (exact) mass is 195 g/mol. The van der Waals surface area contributed by atoms with Crippen molar-refractivity contribution in [2.45, 2.75) is 13.0 Å². The minimum atomic E-state index is -0.679. The number of furan rings is 1. The van der Waals surface area contributed by atoms with Crippen LogP contribution in [0.4, 0.5) is 0 Å². The van der Waals surface area contributed by atoms with E-state index in [0.717, 1.165) is 9.88 Å². The molecule has 0 aliphatic carbocycles. The first kappa shape index (κ1) is 8.47. The smallest absolute Gasteiger partial charge is 0.147 e. The molecule has 1 N–H and O–H groups in total. The maximum absolute atomic E-state index is 9.77. The van der Waals surface area contributed by atoms with Crippen LogP contribution in [0.2, 0.25) is 0 Å². The van der Waals surface area contributed by atoms with Gasteiger partial charge in [0.15, 0.2) is 0 Å². The number of thiazole rings is 1. The Bertz CT molecular complexity index is 380. The predicted octanol–water partition coefficient (Wildman–Crippen LogP) is 2.13. The first-order valence-corrected chi connectivity index (χ1v) is 4.73. The Balaban J connectivity index is 2.28. The summed E-state index contributed by atoms with van der Waals surface area (Å²) in [5.41, 5.74) is 0. The van der Waals surface area contributed by atoms with Gasteiger partial charge < -0.3 is 9.52 Å². The van der Waals surface area contributed by atoms with Gasteiger partial charge >= 0.3 is 0 Å². The van der Waals surface area contributed by atoms with Gasteiger partial charge in [0.25, 0.3) is 0 Å². The molecule has 4 heteroatoms. The normalized spacial score (nSPS) is 13.1. The second-order valence-corrected chi connectivity index (χ2v) is 3.97. The third kappa shape index (κ3) is 1.64. The van der Waals surface area contributed by atoms with E-state index in [4.69, 9.17) is 4.42 Å². The molecule has 2 rings (SSSR count). The zero-order valence-electron chi connectivity index (χ0n) is 7.10. The molecule has 2 heterocycles. The standard InChI is InChI=1S/C9H9NO2S/c1-6-10-5-8(13-6)9(11)7-3-2-4-12-7/h2-5,9,11H,1H3. The number of rotatable bonds is 2. The van der Waals surface area contributed by atoms with Crippen molar-refractivity contribution in [1.82, 2.24) is 4.98 Å². The van der Waals surface area contributed by atoms with Crippen LogP contribution in [0.3, 0.4) is 0 Å². The van der Waals surface area contributed by atoms with Crippen LogP contribution in [0.1, 0.15) is 21.7 Å². The molecule has 2 aromatic heterocycles. The molecule has 1 atom stereocenters. The fourth-order valence-corrected chi connectivity index (χ4v) is 1.87. The zero-order chi connectivity index (χ0) is 9.26. The average Bonchev–Trinajstić information content (AvgIpc) is 2.72. The van der Waals surface area contributed by atoms with E-state index in [2.05, 4.69) is 4.98 Å². The van der Waals surface area contributed by atoms with Gasteiger partial charge in [0.05, 0.1) is 16.1 Å². The summed E-state index contributed by atoms with van der Waals surface area (Å²) in [6, 6.07) is 3.51. The molecule has 68 valence electrons. The number of hydrogen-bond donors (Lipinski definition) is 1. The first-order valence-electron chi connectivity index (χ1n) is 3.91. The van der Waals surface area contributed by atoms with Gasteiger partial charge in [0, 0.05) is 6.20 Å². The Morgan fingerprint density at radius 1 is 1.62 bits per heavy atom. The van der Waals surface area contributed by atoms with Crippen molar-refractivity contribution in [2.24, 2.45) is 0 Å². The summed E-state index contributed by atoms with van der Waals surface area (Å²) >= 11 is 1.47. The Morgan fingerprint density at radius 3 is 3.00 bits per heavy atom. The highest BCUT2D eigenvalue weighted by molar-refractivity contribution is 7.11. The van der Waals surface area contributed by atoms with Crippen molar-refractivity contribution < 1.29 is 9.52 Å². The number of nitrogens with zero attached hydrogens (tertiary/aromatic N) is 1. The van der Waals surface area contributed by atoms with Crippen LogP contribution in [0.5, 0.6) is 0 Å². The Kier molecular flexibility index (Phi) is 2.16. The van der Waals surface area contributed by atoms with E-state index >= 15 is 0 Å². The highest BCUT2D eigenvalue weighted by atomic mass is 32.1. The summed E-state index contributed by atoms with van der Waals surface area (Å²) in [6.07, 6.45) is 2.54. The van der Waals surface area contributed by atoms with E-state index in [1.54, 1.807) is 24.6 Å². The van der Waals surface area contributed by atoms with Crippen LogP contribution >= 0.6 is 11.3 Å². The molecule has 0 fully saturated rings. The fourth-order valence-electron chi connectivity index (χ4n) is 1.09. The van der Waals surface area contributed by atoms with Crippen molar-refractivity contribution in [3.8, 4) is 0 Å². The third-order valence-corrected chi connectivity index (χ3v) is 2.69. The van der Waals surface area contributed by atoms with Crippen molar-refractivity contribution in [3.05, 3.63) is 40.2 Å². The van der Waals surface area contributed by atoms with Crippen LogP contribution in [0.25, 0.3) is 0 Å². The SMILES string of the molecule is Cc1ncc(C(O)c2ccco2)s1. The molecule has 2 aromatic rings. The summed E-state index contributed by atoms with van der Waals surface area (Å²) in [6.45, 7) is 1.91. The summed E-state index contributed by atoms with van der Waals surface area (Å²) < 4.78 is 5.09. The summed E-state index contributed by atoms with van der Waals surface area (Å²) in [5.74, 6) is 0.559. The maximum Gasteiger partial charge on any atom is 0.147 e. The number of hydrogen-bond acceptors (Lipinski definition) is 4. The van der Waals surface area contributed by atoms with Crippen LogP contribution in [0.15, 0.2) is 29.0 Å². The lowest BCUT2D eigenvalue weighted by molar-refractivity contribution is 0.192. The van der Waals surface area contributed by atoms with Crippen LogP contribution < -0.4 is 0 Å². The minimum absolute atomic E-state index is 0.559. The Labute approximate surface area is 79.7 Å². The van der Waals surface area contributed by atoms with Gasteiger partial charge in [0.1, 0.15) is 11.9 Å². The number of aromatic nitrogens is 1. The lowest BCUT2D eigenvalue weighted by atomic mass is 10.2. The largest absolute Gasteiger partial charge is 0.466 e. The molecule has 1 unspecified atom stereocenters. The molecule has 3 nitrogen and oxygen atoms in total. The van der Waals surface area contributed by atoms with E-state index in [0.29, 0.717) is 5.76 Å². The molecule has 13 heavy (non-hydrogen) atoms. The van der Waals surface area contributed by atoms with Gasteiger partial charge in [-0.05, 0) is 19.1 Å². The first-order chi connectivity index (χ1) is 6.27. The molecule has 0 bridgehead atoms. The molecule has 0 aromatic carbocycles. The lowest BCUT2D eigenvalue weighted by Gasteiger charge is -2.02. The molecule has 0 aliphatic heterocycles. The molecule has 0 spiro atoms. The fraction of sp³-hybridized carbons (Fsp3) is 0.222. The van der Waals surface area contributed by atoms with Gasteiger partial charge in [-0.15, -0.1) is 11.3 Å². The zero-order valence-corrected chi connectivity index (χ0v) is 7.91. The maximum atomic E-state index is 9.77. The third-order valence-electron chi connectivity index (χ3n) is 1.72. The lowest BCUT2D eigenvalue weighted by Crippen LogP contribution is -1.93. The van der Waals surface area contributed by atoms with Crippen LogP contribution in [0, 0.1) is 6.92 Å². The molecule has 0 amide bonds. The van der Waals surface area contributed by atoms with Crippen LogP contribution in [-0.4, -0.2) is 10.1 Å². The van der Waals surface area contributed by atoms with Crippen molar-refractivity contribution in [3.63, 3.8) is 0 Å². The van der Waals surface area contributed by atoms with Crippen molar-refractivity contribution in [1.29, 1.82) is 0 Å². The molecule has 0 radical (unpaired) electrons. The van der Waals surface area contributed by atoms with Crippen molar-refractivity contribution >= 4 is 11.3 Å². The van der Waals surface area contributed by atoms with Gasteiger partial charge in [-0.25, -0.2) is 4.98 Å².